The van der Waals surface area contributed by atoms with Crippen molar-refractivity contribution in [1.29, 1.82) is 0 Å². The van der Waals surface area contributed by atoms with Gasteiger partial charge in [-0.1, -0.05) is 35.9 Å². The molecule has 4 rings (SSSR count). The normalized spacial score (nSPS) is 14.4. The number of anilines is 1. The number of rotatable bonds is 5. The summed E-state index contributed by atoms with van der Waals surface area (Å²) < 4.78 is 5.48. The van der Waals surface area contributed by atoms with Gasteiger partial charge in [0, 0.05) is 42.1 Å². The van der Waals surface area contributed by atoms with E-state index >= 15 is 0 Å². The third-order valence-corrected chi connectivity index (χ3v) is 5.70. The number of nitrogens with one attached hydrogen (secondary N) is 1. The number of carbonyl (C=O) groups excluding carboxylic acids is 1. The van der Waals surface area contributed by atoms with Crippen LogP contribution in [0.25, 0.3) is 11.1 Å². The van der Waals surface area contributed by atoms with Crippen LogP contribution in [0.4, 0.5) is 5.82 Å². The summed E-state index contributed by atoms with van der Waals surface area (Å²) in [5, 5.41) is 3.59. The van der Waals surface area contributed by atoms with E-state index in [1.165, 1.54) is 0 Å². The van der Waals surface area contributed by atoms with E-state index < -0.39 is 0 Å². The first-order valence-corrected chi connectivity index (χ1v) is 10.4. The molecule has 1 aliphatic heterocycles. The number of carbonyl (C=O) groups is 1. The van der Waals surface area contributed by atoms with E-state index in [2.05, 4.69) is 16.4 Å². The standard InChI is InChI=1S/C24H24ClN3O2/c25-20-7-6-18(14-28-24(29)17-4-2-1-3-5-17)21(13-20)22-12-19(15-27-23(22)26)16-8-10-30-11-9-16/h1-7,12-13,15-16H,8-11,14H2,(H2,26,27)(H,28,29). The largest absolute Gasteiger partial charge is 0.383 e. The van der Waals surface area contributed by atoms with Crippen LogP contribution in [0.3, 0.4) is 0 Å². The Kier molecular flexibility index (Phi) is 6.31. The lowest BCUT2D eigenvalue weighted by molar-refractivity contribution is 0.0853. The summed E-state index contributed by atoms with van der Waals surface area (Å²) in [5.74, 6) is 0.730. The molecule has 154 valence electrons. The molecule has 6 heteroatoms. The van der Waals surface area contributed by atoms with Gasteiger partial charge >= 0.3 is 0 Å². The van der Waals surface area contributed by atoms with Crippen LogP contribution >= 0.6 is 11.6 Å². The van der Waals surface area contributed by atoms with Gasteiger partial charge in [0.15, 0.2) is 0 Å². The van der Waals surface area contributed by atoms with Crippen LogP contribution in [0, 0.1) is 0 Å². The maximum atomic E-state index is 12.5. The molecule has 0 atom stereocenters. The Morgan fingerprint density at radius 3 is 2.63 bits per heavy atom. The predicted molar refractivity (Wildman–Crippen MR) is 120 cm³/mol. The number of benzene rings is 2. The number of pyridine rings is 1. The molecule has 1 amide bonds. The summed E-state index contributed by atoms with van der Waals surface area (Å²) in [5.41, 5.74) is 10.7. The number of nitrogen functional groups attached to an aromatic ring is 1. The van der Waals surface area contributed by atoms with Crippen molar-refractivity contribution < 1.29 is 9.53 Å². The zero-order chi connectivity index (χ0) is 20.9. The van der Waals surface area contributed by atoms with Crippen molar-refractivity contribution >= 4 is 23.3 Å². The maximum absolute atomic E-state index is 12.5. The molecule has 0 saturated carbocycles. The summed E-state index contributed by atoms with van der Waals surface area (Å²) in [7, 11) is 0. The van der Waals surface area contributed by atoms with Gasteiger partial charge in [0.25, 0.3) is 5.91 Å². The average Bonchev–Trinajstić information content (AvgIpc) is 2.79. The Bertz CT molecular complexity index is 1030. The van der Waals surface area contributed by atoms with Gasteiger partial charge in [0.05, 0.1) is 0 Å². The Labute approximate surface area is 181 Å². The van der Waals surface area contributed by atoms with E-state index in [0.717, 1.165) is 48.3 Å². The second-order valence-corrected chi connectivity index (χ2v) is 7.87. The molecule has 1 saturated heterocycles. The van der Waals surface area contributed by atoms with Gasteiger partial charge in [0.1, 0.15) is 5.82 Å². The molecular weight excluding hydrogens is 398 g/mol. The summed E-state index contributed by atoms with van der Waals surface area (Å²) >= 11 is 6.30. The molecule has 0 aliphatic carbocycles. The SMILES string of the molecule is Nc1ncc(C2CCOCC2)cc1-c1cc(Cl)ccc1CNC(=O)c1ccccc1. The molecular formula is C24H24ClN3O2. The van der Waals surface area contributed by atoms with Crippen LogP contribution in [0.15, 0.2) is 60.8 Å². The average molecular weight is 422 g/mol. The minimum Gasteiger partial charge on any atom is -0.383 e. The van der Waals surface area contributed by atoms with Gasteiger partial charge in [-0.2, -0.15) is 0 Å². The highest BCUT2D eigenvalue weighted by Crippen LogP contribution is 2.35. The summed E-state index contributed by atoms with van der Waals surface area (Å²) in [6.07, 6.45) is 3.80. The maximum Gasteiger partial charge on any atom is 0.251 e. The number of hydrogen-bond donors (Lipinski definition) is 2. The fourth-order valence-corrected chi connectivity index (χ4v) is 3.95. The summed E-state index contributed by atoms with van der Waals surface area (Å²) in [4.78, 5) is 16.9. The van der Waals surface area contributed by atoms with E-state index in [1.807, 2.05) is 42.6 Å². The molecule has 3 aromatic rings. The molecule has 0 unspecified atom stereocenters. The lowest BCUT2D eigenvalue weighted by Crippen LogP contribution is -2.23. The van der Waals surface area contributed by atoms with Gasteiger partial charge in [-0.25, -0.2) is 4.98 Å². The van der Waals surface area contributed by atoms with E-state index in [4.69, 9.17) is 22.1 Å². The Hall–Kier alpha value is -2.89. The van der Waals surface area contributed by atoms with Crippen molar-refractivity contribution in [3.63, 3.8) is 0 Å². The van der Waals surface area contributed by atoms with Crippen LogP contribution in [0.2, 0.25) is 5.02 Å². The van der Waals surface area contributed by atoms with E-state index in [1.54, 1.807) is 12.1 Å². The predicted octanol–water partition coefficient (Wildman–Crippen LogP) is 4.81. The first-order chi connectivity index (χ1) is 14.6. The molecule has 1 aliphatic rings. The highest BCUT2D eigenvalue weighted by atomic mass is 35.5. The fraction of sp³-hybridized carbons (Fsp3) is 0.250. The molecule has 1 aromatic heterocycles. The fourth-order valence-electron chi connectivity index (χ4n) is 3.78. The second kappa shape index (κ2) is 9.28. The van der Waals surface area contributed by atoms with Crippen molar-refractivity contribution in [3.8, 4) is 11.1 Å². The third kappa shape index (κ3) is 4.64. The van der Waals surface area contributed by atoms with Crippen LogP contribution in [-0.2, 0) is 11.3 Å². The number of ether oxygens (including phenoxy) is 1. The molecule has 30 heavy (non-hydrogen) atoms. The van der Waals surface area contributed by atoms with E-state index in [-0.39, 0.29) is 5.91 Å². The van der Waals surface area contributed by atoms with Crippen molar-refractivity contribution in [2.45, 2.75) is 25.3 Å². The zero-order valence-electron chi connectivity index (χ0n) is 16.6. The second-order valence-electron chi connectivity index (χ2n) is 7.44. The lowest BCUT2D eigenvalue weighted by atomic mass is 9.90. The summed E-state index contributed by atoms with van der Waals surface area (Å²) in [6, 6.07) is 16.9. The van der Waals surface area contributed by atoms with Crippen molar-refractivity contribution in [3.05, 3.63) is 82.5 Å². The van der Waals surface area contributed by atoms with E-state index in [0.29, 0.717) is 28.9 Å². The minimum atomic E-state index is -0.126. The van der Waals surface area contributed by atoms with Crippen molar-refractivity contribution in [2.24, 2.45) is 0 Å². The number of halogens is 1. The molecule has 0 spiro atoms. The van der Waals surface area contributed by atoms with Crippen LogP contribution in [-0.4, -0.2) is 24.1 Å². The van der Waals surface area contributed by atoms with Gasteiger partial charge in [-0.05, 0) is 65.8 Å². The molecule has 0 radical (unpaired) electrons. The van der Waals surface area contributed by atoms with Gasteiger partial charge in [0.2, 0.25) is 0 Å². The molecule has 1 fully saturated rings. The Morgan fingerprint density at radius 1 is 1.10 bits per heavy atom. The quantitative estimate of drug-likeness (QED) is 0.619. The molecule has 0 bridgehead atoms. The Morgan fingerprint density at radius 2 is 1.87 bits per heavy atom. The number of amides is 1. The summed E-state index contributed by atoms with van der Waals surface area (Å²) in [6.45, 7) is 1.89. The minimum absolute atomic E-state index is 0.126. The monoisotopic (exact) mass is 421 g/mol. The number of nitrogens with zero attached hydrogens (tertiary/aromatic N) is 1. The van der Waals surface area contributed by atoms with Crippen LogP contribution in [0.1, 0.15) is 40.2 Å². The third-order valence-electron chi connectivity index (χ3n) is 5.47. The van der Waals surface area contributed by atoms with Gasteiger partial charge < -0.3 is 15.8 Å². The number of hydrogen-bond acceptors (Lipinski definition) is 4. The van der Waals surface area contributed by atoms with Crippen LogP contribution in [0.5, 0.6) is 0 Å². The highest BCUT2D eigenvalue weighted by molar-refractivity contribution is 6.31. The van der Waals surface area contributed by atoms with Gasteiger partial charge in [-0.15, -0.1) is 0 Å². The lowest BCUT2D eigenvalue weighted by Gasteiger charge is -2.23. The topological polar surface area (TPSA) is 77.2 Å². The first kappa shape index (κ1) is 20.4. The number of nitrogens with two attached hydrogens (primary N) is 1. The van der Waals surface area contributed by atoms with Crippen molar-refractivity contribution in [2.75, 3.05) is 18.9 Å². The van der Waals surface area contributed by atoms with Gasteiger partial charge in [-0.3, -0.25) is 4.79 Å². The smallest absolute Gasteiger partial charge is 0.251 e. The first-order valence-electron chi connectivity index (χ1n) is 10.1. The number of aromatic nitrogens is 1. The van der Waals surface area contributed by atoms with Crippen molar-refractivity contribution in [1.82, 2.24) is 10.3 Å². The molecule has 2 heterocycles. The molecule has 2 aromatic carbocycles. The highest BCUT2D eigenvalue weighted by Gasteiger charge is 2.19. The van der Waals surface area contributed by atoms with E-state index in [9.17, 15) is 4.79 Å². The molecule has 5 nitrogen and oxygen atoms in total. The Balaban J connectivity index is 1.62. The van der Waals surface area contributed by atoms with Crippen LogP contribution < -0.4 is 11.1 Å². The molecule has 3 N–H and O–H groups in total. The zero-order valence-corrected chi connectivity index (χ0v) is 17.4.